The highest BCUT2D eigenvalue weighted by Crippen LogP contribution is 2.39. The van der Waals surface area contributed by atoms with Gasteiger partial charge in [0, 0.05) is 18.4 Å². The van der Waals surface area contributed by atoms with Crippen LogP contribution in [-0.2, 0) is 11.2 Å². The molecule has 0 N–H and O–H groups in total. The molecule has 4 rings (SSSR count). The SMILES string of the molecule is COC1=C2CCCCC2=[N+]2CCc3ccccc3C2C1. The third-order valence-electron chi connectivity index (χ3n) is 5.16. The molecule has 2 heteroatoms. The van der Waals surface area contributed by atoms with Crippen molar-refractivity contribution in [3.05, 3.63) is 46.7 Å². The standard InChI is InChI=1S/C18H22NO/c1-20-18-12-17-14-7-3-2-6-13(14)10-11-19(17)16-9-5-4-8-15(16)18/h2-3,6-7,17H,4-5,8-12H2,1H3/q+1. The van der Waals surface area contributed by atoms with Crippen LogP contribution < -0.4 is 0 Å². The van der Waals surface area contributed by atoms with Crippen LogP contribution in [0.25, 0.3) is 0 Å². The van der Waals surface area contributed by atoms with Gasteiger partial charge >= 0.3 is 0 Å². The Bertz CT molecular complexity index is 612. The highest BCUT2D eigenvalue weighted by Gasteiger charge is 2.40. The van der Waals surface area contributed by atoms with Gasteiger partial charge in [0.05, 0.1) is 19.1 Å². The highest BCUT2D eigenvalue weighted by atomic mass is 16.5. The van der Waals surface area contributed by atoms with Crippen LogP contribution in [0.5, 0.6) is 0 Å². The molecule has 1 aliphatic carbocycles. The fourth-order valence-electron chi connectivity index (χ4n) is 4.21. The molecule has 2 nitrogen and oxygen atoms in total. The van der Waals surface area contributed by atoms with Crippen molar-refractivity contribution in [2.24, 2.45) is 0 Å². The van der Waals surface area contributed by atoms with E-state index in [0.29, 0.717) is 6.04 Å². The van der Waals surface area contributed by atoms with E-state index in [1.54, 1.807) is 5.71 Å². The maximum atomic E-state index is 5.76. The van der Waals surface area contributed by atoms with E-state index in [9.17, 15) is 0 Å². The van der Waals surface area contributed by atoms with E-state index in [0.717, 1.165) is 6.42 Å². The van der Waals surface area contributed by atoms with Crippen LogP contribution in [-0.4, -0.2) is 23.9 Å². The summed E-state index contributed by atoms with van der Waals surface area (Å²) >= 11 is 0. The fourth-order valence-corrected chi connectivity index (χ4v) is 4.21. The van der Waals surface area contributed by atoms with Crippen molar-refractivity contribution in [1.29, 1.82) is 0 Å². The van der Waals surface area contributed by atoms with Crippen molar-refractivity contribution in [2.45, 2.75) is 44.6 Å². The zero-order chi connectivity index (χ0) is 13.5. The van der Waals surface area contributed by atoms with Gasteiger partial charge in [-0.25, -0.2) is 4.58 Å². The van der Waals surface area contributed by atoms with E-state index < -0.39 is 0 Å². The Balaban J connectivity index is 1.85. The predicted molar refractivity (Wildman–Crippen MR) is 80.1 cm³/mol. The van der Waals surface area contributed by atoms with Crippen molar-refractivity contribution < 1.29 is 9.31 Å². The van der Waals surface area contributed by atoms with Crippen LogP contribution in [0.3, 0.4) is 0 Å². The van der Waals surface area contributed by atoms with Gasteiger partial charge in [-0.05, 0) is 24.8 Å². The van der Waals surface area contributed by atoms with Crippen molar-refractivity contribution in [3.63, 3.8) is 0 Å². The molecule has 0 spiro atoms. The summed E-state index contributed by atoms with van der Waals surface area (Å²) in [5.74, 6) is 1.25. The lowest BCUT2D eigenvalue weighted by Gasteiger charge is -2.32. The van der Waals surface area contributed by atoms with Gasteiger partial charge in [0.2, 0.25) is 0 Å². The van der Waals surface area contributed by atoms with Gasteiger partial charge in [0.15, 0.2) is 11.8 Å². The van der Waals surface area contributed by atoms with Crippen LogP contribution in [0.4, 0.5) is 0 Å². The smallest absolute Gasteiger partial charge is 0.185 e. The number of benzene rings is 1. The van der Waals surface area contributed by atoms with E-state index in [-0.39, 0.29) is 0 Å². The summed E-state index contributed by atoms with van der Waals surface area (Å²) < 4.78 is 8.44. The number of ether oxygens (including phenoxy) is 1. The summed E-state index contributed by atoms with van der Waals surface area (Å²) in [4.78, 5) is 0. The molecule has 20 heavy (non-hydrogen) atoms. The normalized spacial score (nSPS) is 24.9. The number of fused-ring (bicyclic) bond motifs is 4. The summed E-state index contributed by atoms with van der Waals surface area (Å²) in [5, 5.41) is 0. The van der Waals surface area contributed by atoms with E-state index in [4.69, 9.17) is 4.74 Å². The van der Waals surface area contributed by atoms with Gasteiger partial charge in [0.25, 0.3) is 0 Å². The second-order valence-electron chi connectivity index (χ2n) is 6.12. The van der Waals surface area contributed by atoms with Gasteiger partial charge in [-0.3, -0.25) is 0 Å². The Morgan fingerprint density at radius 2 is 1.95 bits per heavy atom. The minimum Gasteiger partial charge on any atom is -0.500 e. The van der Waals surface area contributed by atoms with Crippen LogP contribution in [0.1, 0.15) is 49.3 Å². The van der Waals surface area contributed by atoms with Crippen molar-refractivity contribution in [2.75, 3.05) is 13.7 Å². The first-order chi connectivity index (χ1) is 9.88. The lowest BCUT2D eigenvalue weighted by molar-refractivity contribution is -0.579. The molecular weight excluding hydrogens is 246 g/mol. The fraction of sp³-hybridized carbons (Fsp3) is 0.500. The topological polar surface area (TPSA) is 12.2 Å². The van der Waals surface area contributed by atoms with Crippen molar-refractivity contribution in [1.82, 2.24) is 0 Å². The van der Waals surface area contributed by atoms with E-state index in [2.05, 4.69) is 28.8 Å². The number of allylic oxidation sites excluding steroid dienone is 1. The molecule has 0 saturated heterocycles. The first-order valence-corrected chi connectivity index (χ1v) is 7.85. The van der Waals surface area contributed by atoms with Gasteiger partial charge < -0.3 is 4.74 Å². The molecule has 3 aliphatic rings. The number of nitrogens with zero attached hydrogens (tertiary/aromatic N) is 1. The van der Waals surface area contributed by atoms with Gasteiger partial charge in [-0.2, -0.15) is 0 Å². The van der Waals surface area contributed by atoms with Gasteiger partial charge in [0.1, 0.15) is 12.3 Å². The number of methoxy groups -OCH3 is 1. The molecule has 0 amide bonds. The van der Waals surface area contributed by atoms with Crippen LogP contribution in [0.2, 0.25) is 0 Å². The molecule has 104 valence electrons. The molecule has 0 bridgehead atoms. The Morgan fingerprint density at radius 3 is 2.85 bits per heavy atom. The van der Waals surface area contributed by atoms with E-state index >= 15 is 0 Å². The van der Waals surface area contributed by atoms with Gasteiger partial charge in [-0.1, -0.05) is 24.3 Å². The van der Waals surface area contributed by atoms with Crippen LogP contribution >= 0.6 is 0 Å². The molecule has 1 unspecified atom stereocenters. The molecule has 1 aromatic carbocycles. The molecule has 0 radical (unpaired) electrons. The molecule has 2 aliphatic heterocycles. The Hall–Kier alpha value is -1.57. The number of rotatable bonds is 1. The number of hydrogen-bond acceptors (Lipinski definition) is 1. The summed E-state index contributed by atoms with van der Waals surface area (Å²) in [6, 6.07) is 9.47. The Kier molecular flexibility index (Phi) is 2.90. The maximum absolute atomic E-state index is 5.76. The predicted octanol–water partition coefficient (Wildman–Crippen LogP) is 3.62. The van der Waals surface area contributed by atoms with Crippen LogP contribution in [0, 0.1) is 0 Å². The summed E-state index contributed by atoms with van der Waals surface area (Å²) in [5.41, 5.74) is 6.16. The lowest BCUT2D eigenvalue weighted by atomic mass is 9.82. The second-order valence-corrected chi connectivity index (χ2v) is 6.12. The molecule has 1 aromatic rings. The summed E-state index contributed by atoms with van der Waals surface area (Å²) in [6.45, 7) is 1.18. The molecule has 1 atom stereocenters. The third kappa shape index (κ3) is 1.74. The van der Waals surface area contributed by atoms with Crippen LogP contribution in [0.15, 0.2) is 35.6 Å². The second kappa shape index (κ2) is 4.76. The van der Waals surface area contributed by atoms with E-state index in [1.807, 2.05) is 7.11 Å². The summed E-state index contributed by atoms with van der Waals surface area (Å²) in [6.07, 6.45) is 7.34. The minimum absolute atomic E-state index is 0.506. The first kappa shape index (κ1) is 12.2. The third-order valence-corrected chi connectivity index (χ3v) is 5.16. The monoisotopic (exact) mass is 268 g/mol. The average molecular weight is 268 g/mol. The van der Waals surface area contributed by atoms with Crippen molar-refractivity contribution in [3.8, 4) is 0 Å². The van der Waals surface area contributed by atoms with Crippen molar-refractivity contribution >= 4 is 5.71 Å². The maximum Gasteiger partial charge on any atom is 0.185 e. The van der Waals surface area contributed by atoms with E-state index in [1.165, 1.54) is 61.1 Å². The molecule has 0 aromatic heterocycles. The molecular formula is C18H22NO+. The quantitative estimate of drug-likeness (QED) is 0.709. The zero-order valence-corrected chi connectivity index (χ0v) is 12.2. The highest BCUT2D eigenvalue weighted by molar-refractivity contribution is 5.98. The average Bonchev–Trinajstić information content (AvgIpc) is 2.53. The summed E-state index contributed by atoms with van der Waals surface area (Å²) in [7, 11) is 1.85. The largest absolute Gasteiger partial charge is 0.500 e. The first-order valence-electron chi connectivity index (χ1n) is 7.85. The zero-order valence-electron chi connectivity index (χ0n) is 12.2. The molecule has 1 saturated carbocycles. The lowest BCUT2D eigenvalue weighted by Crippen LogP contribution is -2.38. The minimum atomic E-state index is 0.506. The number of hydrogen-bond donors (Lipinski definition) is 0. The molecule has 1 fully saturated rings. The Morgan fingerprint density at radius 1 is 1.10 bits per heavy atom. The molecule has 2 heterocycles. The Labute approximate surface area is 120 Å². The van der Waals surface area contributed by atoms with Gasteiger partial charge in [-0.15, -0.1) is 0 Å².